The molecule has 1 fully saturated rings. The summed E-state index contributed by atoms with van der Waals surface area (Å²) >= 11 is 0. The van der Waals surface area contributed by atoms with Crippen molar-refractivity contribution in [1.82, 2.24) is 30.3 Å². The largest absolute Gasteiger partial charge is 0.296 e. The molecule has 1 aliphatic heterocycles. The van der Waals surface area contributed by atoms with Crippen LogP contribution in [0.5, 0.6) is 0 Å². The maximum absolute atomic E-state index is 8.99. The van der Waals surface area contributed by atoms with Crippen molar-refractivity contribution in [2.45, 2.75) is 19.4 Å². The van der Waals surface area contributed by atoms with E-state index in [4.69, 9.17) is 5.26 Å². The normalized spacial score (nSPS) is 14.5. The van der Waals surface area contributed by atoms with Gasteiger partial charge in [0.15, 0.2) is 5.82 Å². The van der Waals surface area contributed by atoms with Crippen molar-refractivity contribution in [2.75, 3.05) is 13.1 Å². The molecule has 2 N–H and O–H groups in total. The van der Waals surface area contributed by atoms with Gasteiger partial charge in [-0.1, -0.05) is 12.1 Å². The van der Waals surface area contributed by atoms with Crippen LogP contribution in [0.3, 0.4) is 0 Å². The fourth-order valence-electron chi connectivity index (χ4n) is 3.72. The Hall–Kier alpha value is -3.50. The minimum atomic E-state index is 0.635. The molecule has 1 saturated heterocycles. The summed E-state index contributed by atoms with van der Waals surface area (Å²) in [5, 5.41) is 25.0. The molecule has 5 rings (SSSR count). The topological polar surface area (TPSA) is 97.3 Å². The molecule has 2 aromatic heterocycles. The van der Waals surface area contributed by atoms with Gasteiger partial charge in [-0.05, 0) is 56.3 Å². The lowest BCUT2D eigenvalue weighted by atomic mass is 10.0. The quantitative estimate of drug-likeness (QED) is 0.574. The number of rotatable bonds is 4. The summed E-state index contributed by atoms with van der Waals surface area (Å²) in [5.41, 5.74) is 4.36. The summed E-state index contributed by atoms with van der Waals surface area (Å²) in [6.45, 7) is 3.08. The molecule has 0 radical (unpaired) electrons. The number of benzene rings is 2. The van der Waals surface area contributed by atoms with E-state index in [0.717, 1.165) is 53.2 Å². The molecule has 0 saturated carbocycles. The van der Waals surface area contributed by atoms with Crippen LogP contribution in [0.1, 0.15) is 24.2 Å². The van der Waals surface area contributed by atoms with Crippen molar-refractivity contribution in [2.24, 2.45) is 0 Å². The molecule has 0 unspecified atom stereocenters. The molecule has 0 aliphatic carbocycles. The Labute approximate surface area is 162 Å². The minimum Gasteiger partial charge on any atom is -0.296 e. The zero-order valence-electron chi connectivity index (χ0n) is 15.3. The third-order valence-electron chi connectivity index (χ3n) is 5.21. The lowest BCUT2D eigenvalue weighted by Gasteiger charge is -2.11. The van der Waals surface area contributed by atoms with Crippen LogP contribution in [0.2, 0.25) is 0 Å². The molecule has 3 heterocycles. The molecule has 7 heteroatoms. The van der Waals surface area contributed by atoms with E-state index in [0.29, 0.717) is 11.4 Å². The highest BCUT2D eigenvalue weighted by molar-refractivity contribution is 5.95. The number of hydrogen-bond acceptors (Lipinski definition) is 5. The molecule has 0 amide bonds. The SMILES string of the molecule is N#Cc1ccc(-c2n[nH]c3ccc(-c4n[nH]c(CN5CCCC5)n4)cc23)cc1. The van der Waals surface area contributed by atoms with Crippen LogP contribution in [0, 0.1) is 11.3 Å². The molecule has 4 aromatic rings. The second-order valence-corrected chi connectivity index (χ2v) is 7.11. The van der Waals surface area contributed by atoms with Gasteiger partial charge in [-0.15, -0.1) is 0 Å². The van der Waals surface area contributed by atoms with E-state index in [1.807, 2.05) is 24.3 Å². The van der Waals surface area contributed by atoms with Crippen LogP contribution in [-0.4, -0.2) is 43.4 Å². The van der Waals surface area contributed by atoms with E-state index in [1.165, 1.54) is 12.8 Å². The number of nitriles is 1. The summed E-state index contributed by atoms with van der Waals surface area (Å²) in [7, 11) is 0. The summed E-state index contributed by atoms with van der Waals surface area (Å²) < 4.78 is 0. The van der Waals surface area contributed by atoms with Crippen LogP contribution >= 0.6 is 0 Å². The minimum absolute atomic E-state index is 0.635. The summed E-state index contributed by atoms with van der Waals surface area (Å²) in [5.74, 6) is 1.60. The Balaban J connectivity index is 1.47. The zero-order valence-corrected chi connectivity index (χ0v) is 15.3. The van der Waals surface area contributed by atoms with Crippen molar-refractivity contribution in [3.8, 4) is 28.7 Å². The van der Waals surface area contributed by atoms with Gasteiger partial charge in [0.25, 0.3) is 0 Å². The molecule has 138 valence electrons. The number of nitrogens with zero attached hydrogens (tertiary/aromatic N) is 5. The van der Waals surface area contributed by atoms with Crippen molar-refractivity contribution in [3.05, 3.63) is 53.9 Å². The first-order chi connectivity index (χ1) is 13.8. The van der Waals surface area contributed by atoms with E-state index in [1.54, 1.807) is 12.1 Å². The molecule has 0 bridgehead atoms. The van der Waals surface area contributed by atoms with Gasteiger partial charge in [0.05, 0.1) is 29.4 Å². The van der Waals surface area contributed by atoms with E-state index in [9.17, 15) is 0 Å². The van der Waals surface area contributed by atoms with Gasteiger partial charge in [0.2, 0.25) is 0 Å². The Kier molecular flexibility index (Phi) is 4.11. The summed E-state index contributed by atoms with van der Waals surface area (Å²) in [4.78, 5) is 7.08. The average Bonchev–Trinajstić information content (AvgIpc) is 3.49. The van der Waals surface area contributed by atoms with E-state index >= 15 is 0 Å². The van der Waals surface area contributed by atoms with Crippen LogP contribution < -0.4 is 0 Å². The van der Waals surface area contributed by atoms with E-state index in [2.05, 4.69) is 42.4 Å². The third kappa shape index (κ3) is 3.04. The van der Waals surface area contributed by atoms with Gasteiger partial charge in [-0.3, -0.25) is 15.1 Å². The van der Waals surface area contributed by atoms with E-state index < -0.39 is 0 Å². The van der Waals surface area contributed by atoms with Gasteiger partial charge in [0.1, 0.15) is 5.82 Å². The zero-order chi connectivity index (χ0) is 18.9. The smallest absolute Gasteiger partial charge is 0.181 e. The molecular weight excluding hydrogens is 350 g/mol. The highest BCUT2D eigenvalue weighted by Gasteiger charge is 2.15. The lowest BCUT2D eigenvalue weighted by molar-refractivity contribution is 0.323. The van der Waals surface area contributed by atoms with Crippen molar-refractivity contribution >= 4 is 10.9 Å². The number of H-pyrrole nitrogens is 2. The first kappa shape index (κ1) is 16.7. The Morgan fingerprint density at radius 1 is 0.964 bits per heavy atom. The third-order valence-corrected chi connectivity index (χ3v) is 5.21. The number of hydrogen-bond donors (Lipinski definition) is 2. The number of aromatic amines is 2. The maximum Gasteiger partial charge on any atom is 0.181 e. The van der Waals surface area contributed by atoms with Crippen molar-refractivity contribution < 1.29 is 0 Å². The number of likely N-dealkylation sites (tertiary alicyclic amines) is 1. The van der Waals surface area contributed by atoms with Gasteiger partial charge in [-0.2, -0.15) is 15.5 Å². The lowest BCUT2D eigenvalue weighted by Crippen LogP contribution is -2.19. The first-order valence-electron chi connectivity index (χ1n) is 9.43. The van der Waals surface area contributed by atoms with Gasteiger partial charge >= 0.3 is 0 Å². The van der Waals surface area contributed by atoms with Crippen LogP contribution in [0.25, 0.3) is 33.5 Å². The molecule has 0 spiro atoms. The summed E-state index contributed by atoms with van der Waals surface area (Å²) in [6.07, 6.45) is 2.52. The molecule has 28 heavy (non-hydrogen) atoms. The van der Waals surface area contributed by atoms with Crippen LogP contribution in [0.15, 0.2) is 42.5 Å². The van der Waals surface area contributed by atoms with Crippen LogP contribution in [-0.2, 0) is 6.54 Å². The Bertz CT molecular complexity index is 1160. The monoisotopic (exact) mass is 369 g/mol. The average molecular weight is 369 g/mol. The van der Waals surface area contributed by atoms with E-state index in [-0.39, 0.29) is 0 Å². The molecule has 2 aromatic carbocycles. The second kappa shape index (κ2) is 6.91. The Morgan fingerprint density at radius 2 is 1.75 bits per heavy atom. The highest BCUT2D eigenvalue weighted by Crippen LogP contribution is 2.29. The van der Waals surface area contributed by atoms with Gasteiger partial charge < -0.3 is 0 Å². The molecule has 7 nitrogen and oxygen atoms in total. The van der Waals surface area contributed by atoms with Gasteiger partial charge in [0, 0.05) is 16.5 Å². The fraction of sp³-hybridized carbons (Fsp3) is 0.238. The number of aromatic nitrogens is 5. The fourth-order valence-corrected chi connectivity index (χ4v) is 3.72. The highest BCUT2D eigenvalue weighted by atomic mass is 15.3. The molecule has 1 aliphatic rings. The number of nitrogens with one attached hydrogen (secondary N) is 2. The van der Waals surface area contributed by atoms with Crippen LogP contribution in [0.4, 0.5) is 0 Å². The number of fused-ring (bicyclic) bond motifs is 1. The van der Waals surface area contributed by atoms with Gasteiger partial charge in [-0.25, -0.2) is 4.98 Å². The standard InChI is InChI=1S/C21H19N7/c22-12-14-3-5-15(6-4-14)20-17-11-16(7-8-18(17)24-26-20)21-23-19(25-27-21)13-28-9-1-2-10-28/h3-8,11H,1-2,9-10,13H2,(H,24,26)(H,23,25,27). The molecular formula is C21H19N7. The molecule has 0 atom stereocenters. The van der Waals surface area contributed by atoms with Crippen molar-refractivity contribution in [3.63, 3.8) is 0 Å². The predicted octanol–water partition coefficient (Wildman–Crippen LogP) is 3.48. The van der Waals surface area contributed by atoms with Crippen molar-refractivity contribution in [1.29, 1.82) is 5.26 Å². The predicted molar refractivity (Wildman–Crippen MR) is 106 cm³/mol. The summed E-state index contributed by atoms with van der Waals surface area (Å²) in [6, 6.07) is 15.7. The Morgan fingerprint density at radius 3 is 2.54 bits per heavy atom. The maximum atomic E-state index is 8.99. The first-order valence-corrected chi connectivity index (χ1v) is 9.43. The second-order valence-electron chi connectivity index (χ2n) is 7.11.